The van der Waals surface area contributed by atoms with Crippen LogP contribution in [0.1, 0.15) is 17.5 Å². The average Bonchev–Trinajstić information content (AvgIpc) is 2.71. The standard InChI is InChI=1S/C13H17N3O2/c1-8-4-9(6-14)2-3-11(8)16-7-10(13(15)18)5-12(16)17/h2-4,10H,5-7,14H2,1H3,(H2,15,18). The first-order valence-corrected chi connectivity index (χ1v) is 5.92. The van der Waals surface area contributed by atoms with Gasteiger partial charge in [0.2, 0.25) is 11.8 Å². The van der Waals surface area contributed by atoms with Crippen LogP contribution >= 0.6 is 0 Å². The van der Waals surface area contributed by atoms with E-state index in [1.165, 1.54) is 0 Å². The van der Waals surface area contributed by atoms with Gasteiger partial charge in [-0.25, -0.2) is 0 Å². The Morgan fingerprint density at radius 3 is 2.72 bits per heavy atom. The van der Waals surface area contributed by atoms with Crippen molar-refractivity contribution in [2.45, 2.75) is 19.9 Å². The van der Waals surface area contributed by atoms with Gasteiger partial charge in [0.25, 0.3) is 0 Å². The molecule has 1 saturated heterocycles. The second-order valence-electron chi connectivity index (χ2n) is 4.63. The number of primary amides is 1. The first-order valence-electron chi connectivity index (χ1n) is 5.92. The topological polar surface area (TPSA) is 89.4 Å². The first kappa shape index (κ1) is 12.6. The Bertz CT molecular complexity index is 499. The molecule has 96 valence electrons. The van der Waals surface area contributed by atoms with Crippen LogP contribution in [0.2, 0.25) is 0 Å². The third-order valence-electron chi connectivity index (χ3n) is 3.32. The molecule has 1 unspecified atom stereocenters. The number of anilines is 1. The Kier molecular flexibility index (Phi) is 3.34. The zero-order valence-electron chi connectivity index (χ0n) is 10.3. The fourth-order valence-electron chi connectivity index (χ4n) is 2.28. The highest BCUT2D eigenvalue weighted by atomic mass is 16.2. The first-order chi connectivity index (χ1) is 8.52. The Morgan fingerprint density at radius 2 is 2.22 bits per heavy atom. The number of hydrogen-bond donors (Lipinski definition) is 2. The van der Waals surface area contributed by atoms with Crippen molar-refractivity contribution < 1.29 is 9.59 Å². The molecule has 0 aromatic heterocycles. The van der Waals surface area contributed by atoms with E-state index in [0.717, 1.165) is 16.8 Å². The summed E-state index contributed by atoms with van der Waals surface area (Å²) in [7, 11) is 0. The molecule has 0 radical (unpaired) electrons. The number of hydrogen-bond acceptors (Lipinski definition) is 3. The summed E-state index contributed by atoms with van der Waals surface area (Å²) in [5.41, 5.74) is 13.7. The van der Waals surface area contributed by atoms with Gasteiger partial charge >= 0.3 is 0 Å². The van der Waals surface area contributed by atoms with Gasteiger partial charge in [-0.15, -0.1) is 0 Å². The SMILES string of the molecule is Cc1cc(CN)ccc1N1CC(C(N)=O)CC1=O. The molecule has 1 atom stereocenters. The van der Waals surface area contributed by atoms with Crippen LogP contribution in [-0.4, -0.2) is 18.4 Å². The summed E-state index contributed by atoms with van der Waals surface area (Å²) in [5.74, 6) is -0.851. The minimum atomic E-state index is -0.415. The Hall–Kier alpha value is -1.88. The lowest BCUT2D eigenvalue weighted by atomic mass is 10.1. The highest BCUT2D eigenvalue weighted by molar-refractivity contribution is 6.00. The number of benzene rings is 1. The van der Waals surface area contributed by atoms with E-state index in [1.807, 2.05) is 25.1 Å². The second-order valence-corrected chi connectivity index (χ2v) is 4.63. The van der Waals surface area contributed by atoms with E-state index in [4.69, 9.17) is 11.5 Å². The zero-order chi connectivity index (χ0) is 13.3. The van der Waals surface area contributed by atoms with Crippen molar-refractivity contribution in [2.24, 2.45) is 17.4 Å². The molecule has 18 heavy (non-hydrogen) atoms. The van der Waals surface area contributed by atoms with Gasteiger partial charge in [0.15, 0.2) is 0 Å². The van der Waals surface area contributed by atoms with Gasteiger partial charge in [-0.2, -0.15) is 0 Å². The summed E-state index contributed by atoms with van der Waals surface area (Å²) in [6.45, 7) is 2.77. The van der Waals surface area contributed by atoms with Crippen LogP contribution in [-0.2, 0) is 16.1 Å². The van der Waals surface area contributed by atoms with Crippen LogP contribution in [0.3, 0.4) is 0 Å². The van der Waals surface area contributed by atoms with Gasteiger partial charge in [-0.05, 0) is 24.1 Å². The van der Waals surface area contributed by atoms with E-state index in [0.29, 0.717) is 13.1 Å². The van der Waals surface area contributed by atoms with Crippen LogP contribution < -0.4 is 16.4 Å². The van der Waals surface area contributed by atoms with E-state index in [-0.39, 0.29) is 18.2 Å². The molecule has 2 amide bonds. The molecule has 4 N–H and O–H groups in total. The summed E-state index contributed by atoms with van der Waals surface area (Å²) in [4.78, 5) is 24.7. The van der Waals surface area contributed by atoms with Gasteiger partial charge in [0, 0.05) is 25.2 Å². The second kappa shape index (κ2) is 4.78. The lowest BCUT2D eigenvalue weighted by Gasteiger charge is -2.19. The molecular formula is C13H17N3O2. The van der Waals surface area contributed by atoms with Crippen LogP contribution in [0.25, 0.3) is 0 Å². The third kappa shape index (κ3) is 2.22. The fourth-order valence-corrected chi connectivity index (χ4v) is 2.28. The number of carbonyl (C=O) groups is 2. The maximum atomic E-state index is 11.9. The molecule has 1 heterocycles. The predicted octanol–water partition coefficient (Wildman–Crippen LogP) is 0.292. The molecule has 1 aromatic carbocycles. The van der Waals surface area contributed by atoms with E-state index in [1.54, 1.807) is 4.90 Å². The third-order valence-corrected chi connectivity index (χ3v) is 3.32. The molecule has 1 aliphatic rings. The Labute approximate surface area is 106 Å². The van der Waals surface area contributed by atoms with Crippen molar-refractivity contribution >= 4 is 17.5 Å². The van der Waals surface area contributed by atoms with Crippen LogP contribution in [0.15, 0.2) is 18.2 Å². The Balaban J connectivity index is 2.27. The van der Waals surface area contributed by atoms with Crippen LogP contribution in [0.4, 0.5) is 5.69 Å². The highest BCUT2D eigenvalue weighted by Crippen LogP contribution is 2.28. The monoisotopic (exact) mass is 247 g/mol. The number of amides is 2. The van der Waals surface area contributed by atoms with Crippen molar-refractivity contribution in [1.82, 2.24) is 0 Å². The van der Waals surface area contributed by atoms with E-state index in [2.05, 4.69) is 0 Å². The molecule has 1 aliphatic heterocycles. The maximum absolute atomic E-state index is 11.9. The molecule has 0 saturated carbocycles. The van der Waals surface area contributed by atoms with Gasteiger partial charge < -0.3 is 16.4 Å². The van der Waals surface area contributed by atoms with Gasteiger partial charge in [0.1, 0.15) is 0 Å². The molecule has 0 bridgehead atoms. The minimum Gasteiger partial charge on any atom is -0.369 e. The summed E-state index contributed by atoms with van der Waals surface area (Å²) in [6, 6.07) is 5.73. The molecule has 0 spiro atoms. The van der Waals surface area contributed by atoms with Gasteiger partial charge in [-0.1, -0.05) is 12.1 Å². The number of nitrogens with zero attached hydrogens (tertiary/aromatic N) is 1. The van der Waals surface area contributed by atoms with Crippen molar-refractivity contribution in [1.29, 1.82) is 0 Å². The Morgan fingerprint density at radius 1 is 1.50 bits per heavy atom. The smallest absolute Gasteiger partial charge is 0.227 e. The largest absolute Gasteiger partial charge is 0.369 e. The highest BCUT2D eigenvalue weighted by Gasteiger charge is 2.34. The minimum absolute atomic E-state index is 0.0533. The predicted molar refractivity (Wildman–Crippen MR) is 68.7 cm³/mol. The van der Waals surface area contributed by atoms with Gasteiger partial charge in [0.05, 0.1) is 5.92 Å². The van der Waals surface area contributed by atoms with Crippen molar-refractivity contribution in [3.05, 3.63) is 29.3 Å². The van der Waals surface area contributed by atoms with E-state index >= 15 is 0 Å². The number of rotatable bonds is 3. The van der Waals surface area contributed by atoms with Crippen LogP contribution in [0.5, 0.6) is 0 Å². The normalized spacial score (nSPS) is 19.3. The zero-order valence-corrected chi connectivity index (χ0v) is 10.3. The summed E-state index contributed by atoms with van der Waals surface area (Å²) < 4.78 is 0. The lowest BCUT2D eigenvalue weighted by Crippen LogP contribution is -2.28. The molecule has 1 aromatic rings. The quantitative estimate of drug-likeness (QED) is 0.804. The molecule has 0 aliphatic carbocycles. The number of aryl methyl sites for hydroxylation is 1. The summed E-state index contributed by atoms with van der Waals surface area (Å²) >= 11 is 0. The maximum Gasteiger partial charge on any atom is 0.227 e. The summed E-state index contributed by atoms with van der Waals surface area (Å²) in [6.07, 6.45) is 0.202. The van der Waals surface area contributed by atoms with Crippen molar-refractivity contribution in [2.75, 3.05) is 11.4 Å². The molecular weight excluding hydrogens is 230 g/mol. The molecule has 2 rings (SSSR count). The van der Waals surface area contributed by atoms with E-state index < -0.39 is 5.91 Å². The average molecular weight is 247 g/mol. The van der Waals surface area contributed by atoms with Crippen LogP contribution in [0, 0.1) is 12.8 Å². The van der Waals surface area contributed by atoms with Crippen molar-refractivity contribution in [3.8, 4) is 0 Å². The van der Waals surface area contributed by atoms with Gasteiger partial charge in [-0.3, -0.25) is 9.59 Å². The summed E-state index contributed by atoms with van der Waals surface area (Å²) in [5, 5.41) is 0. The lowest BCUT2D eigenvalue weighted by molar-refractivity contribution is -0.123. The molecule has 5 heteroatoms. The van der Waals surface area contributed by atoms with Crippen molar-refractivity contribution in [3.63, 3.8) is 0 Å². The molecule has 5 nitrogen and oxygen atoms in total. The number of carbonyl (C=O) groups excluding carboxylic acids is 2. The fraction of sp³-hybridized carbons (Fsp3) is 0.385. The molecule has 1 fully saturated rings. The number of nitrogens with two attached hydrogens (primary N) is 2. The van der Waals surface area contributed by atoms with E-state index in [9.17, 15) is 9.59 Å².